The molecule has 4 atom stereocenters. The van der Waals surface area contributed by atoms with Gasteiger partial charge in [-0.1, -0.05) is 33.6 Å². The molecule has 0 radical (unpaired) electrons. The zero-order valence-corrected chi connectivity index (χ0v) is 17.7. The highest BCUT2D eigenvalue weighted by Crippen LogP contribution is 2.61. The molecular formula is C23H33NO5. The molecule has 3 rings (SSSR count). The fraction of sp³-hybridized carbons (Fsp3) is 0.696. The van der Waals surface area contributed by atoms with Crippen LogP contribution in [-0.4, -0.2) is 34.3 Å². The van der Waals surface area contributed by atoms with Crippen LogP contribution in [0.15, 0.2) is 23.1 Å². The van der Waals surface area contributed by atoms with Gasteiger partial charge in [-0.2, -0.15) is 0 Å². The minimum absolute atomic E-state index is 0.0581. The molecule has 0 aromatic carbocycles. The number of nitrogens with one attached hydrogen (secondary N) is 1. The molecular weight excluding hydrogens is 370 g/mol. The monoisotopic (exact) mass is 403 g/mol. The molecule has 160 valence electrons. The molecule has 6 heteroatoms. The lowest BCUT2D eigenvalue weighted by molar-refractivity contribution is -0.136. The number of ketones is 2. The highest BCUT2D eigenvalue weighted by molar-refractivity contribution is 6.21. The number of carboxylic acid groups (broad SMARTS) is 1. The minimum Gasteiger partial charge on any atom is -0.504 e. The summed E-state index contributed by atoms with van der Waals surface area (Å²) < 4.78 is 0. The molecule has 3 N–H and O–H groups in total. The molecule has 2 fully saturated rings. The summed E-state index contributed by atoms with van der Waals surface area (Å²) in [7, 11) is 0. The third-order valence-electron chi connectivity index (χ3n) is 7.93. The number of carboxylic acids is 1. The lowest BCUT2D eigenvalue weighted by atomic mass is 9.47. The largest absolute Gasteiger partial charge is 0.504 e. The summed E-state index contributed by atoms with van der Waals surface area (Å²) in [4.78, 5) is 36.2. The summed E-state index contributed by atoms with van der Waals surface area (Å²) in [5, 5.41) is 22.1. The van der Waals surface area contributed by atoms with Gasteiger partial charge in [-0.25, -0.2) is 0 Å². The lowest BCUT2D eigenvalue weighted by Crippen LogP contribution is -2.50. The van der Waals surface area contributed by atoms with Crippen LogP contribution in [0.3, 0.4) is 0 Å². The summed E-state index contributed by atoms with van der Waals surface area (Å²) in [6.07, 6.45) is 8.31. The van der Waals surface area contributed by atoms with Crippen molar-refractivity contribution in [2.24, 2.45) is 22.7 Å². The second kappa shape index (κ2) is 7.96. The van der Waals surface area contributed by atoms with Gasteiger partial charge >= 0.3 is 5.97 Å². The number of Topliss-reactive ketones (excluding diaryl/α,β-unsaturated/α-hetero) is 1. The summed E-state index contributed by atoms with van der Waals surface area (Å²) >= 11 is 0. The maximum Gasteiger partial charge on any atom is 0.305 e. The number of hydrogen-bond donors (Lipinski definition) is 3. The first-order chi connectivity index (χ1) is 13.6. The van der Waals surface area contributed by atoms with E-state index < -0.39 is 17.5 Å². The predicted octanol–water partition coefficient (Wildman–Crippen LogP) is 3.92. The number of aliphatic hydroxyl groups excluding tert-OH is 1. The van der Waals surface area contributed by atoms with E-state index >= 15 is 0 Å². The zero-order chi connectivity index (χ0) is 21.4. The number of aliphatic hydroxyl groups is 1. The highest BCUT2D eigenvalue weighted by Gasteiger charge is 2.53. The zero-order valence-electron chi connectivity index (χ0n) is 17.7. The van der Waals surface area contributed by atoms with Crippen molar-refractivity contribution in [3.05, 3.63) is 23.1 Å². The molecule has 0 amide bonds. The van der Waals surface area contributed by atoms with Crippen molar-refractivity contribution in [1.82, 2.24) is 5.32 Å². The van der Waals surface area contributed by atoms with Gasteiger partial charge in [0.05, 0.1) is 12.1 Å². The van der Waals surface area contributed by atoms with Crippen LogP contribution in [0.4, 0.5) is 0 Å². The van der Waals surface area contributed by atoms with Gasteiger partial charge in [-0.15, -0.1) is 0 Å². The van der Waals surface area contributed by atoms with Crippen LogP contribution in [0.2, 0.25) is 0 Å². The van der Waals surface area contributed by atoms with E-state index in [1.165, 1.54) is 25.7 Å². The number of aliphatic carboxylic acids is 1. The molecule has 3 aliphatic carbocycles. The van der Waals surface area contributed by atoms with E-state index in [-0.39, 0.29) is 40.8 Å². The van der Waals surface area contributed by atoms with Gasteiger partial charge in [-0.05, 0) is 54.8 Å². The average Bonchev–Trinajstić information content (AvgIpc) is 2.66. The molecule has 6 nitrogen and oxygen atoms in total. The third-order valence-corrected chi connectivity index (χ3v) is 7.93. The van der Waals surface area contributed by atoms with Crippen LogP contribution in [0.25, 0.3) is 0 Å². The fourth-order valence-corrected chi connectivity index (χ4v) is 6.01. The maximum absolute atomic E-state index is 13.1. The SMILES string of the molecule is CC1CCC2(C)CCCCC2C1(C)CC1=C(O)C(=O)C=C(NCCC(=O)O)C1=O. The Bertz CT molecular complexity index is 782. The number of allylic oxidation sites excluding steroid dienone is 2. The number of carbonyl (C=O) groups excluding carboxylic acids is 2. The summed E-state index contributed by atoms with van der Waals surface area (Å²) in [6.45, 7) is 6.87. The van der Waals surface area contributed by atoms with Crippen LogP contribution >= 0.6 is 0 Å². The molecule has 0 aromatic heterocycles. The summed E-state index contributed by atoms with van der Waals surface area (Å²) in [5.74, 6) is -1.57. The Morgan fingerprint density at radius 1 is 1.21 bits per heavy atom. The van der Waals surface area contributed by atoms with Crippen molar-refractivity contribution in [3.63, 3.8) is 0 Å². The highest BCUT2D eigenvalue weighted by atomic mass is 16.4. The lowest BCUT2D eigenvalue weighted by Gasteiger charge is -2.58. The first kappa shape index (κ1) is 21.6. The normalized spacial score (nSPS) is 35.2. The number of fused-ring (bicyclic) bond motifs is 1. The number of rotatable bonds is 6. The van der Waals surface area contributed by atoms with E-state index in [1.807, 2.05) is 0 Å². The van der Waals surface area contributed by atoms with E-state index in [9.17, 15) is 19.5 Å². The maximum atomic E-state index is 13.1. The van der Waals surface area contributed by atoms with Crippen molar-refractivity contribution in [3.8, 4) is 0 Å². The van der Waals surface area contributed by atoms with Gasteiger partial charge in [0.25, 0.3) is 0 Å². The average molecular weight is 404 g/mol. The van der Waals surface area contributed by atoms with E-state index in [1.54, 1.807) is 0 Å². The van der Waals surface area contributed by atoms with Crippen LogP contribution in [0, 0.1) is 22.7 Å². The van der Waals surface area contributed by atoms with Crippen molar-refractivity contribution >= 4 is 17.5 Å². The second-order valence-corrected chi connectivity index (χ2v) is 9.72. The van der Waals surface area contributed by atoms with E-state index in [2.05, 4.69) is 26.1 Å². The molecule has 0 aliphatic heterocycles. The molecule has 0 bridgehead atoms. The van der Waals surface area contributed by atoms with E-state index in [4.69, 9.17) is 5.11 Å². The molecule has 0 saturated heterocycles. The van der Waals surface area contributed by atoms with Crippen LogP contribution in [0.5, 0.6) is 0 Å². The first-order valence-electron chi connectivity index (χ1n) is 10.8. The molecule has 2 saturated carbocycles. The molecule has 0 aromatic rings. The summed E-state index contributed by atoms with van der Waals surface area (Å²) in [5.41, 5.74) is 0.341. The molecule has 0 heterocycles. The molecule has 29 heavy (non-hydrogen) atoms. The number of carbonyl (C=O) groups is 3. The first-order valence-corrected chi connectivity index (χ1v) is 10.8. The van der Waals surface area contributed by atoms with Crippen LogP contribution in [0.1, 0.15) is 72.1 Å². The third kappa shape index (κ3) is 3.99. The van der Waals surface area contributed by atoms with Crippen molar-refractivity contribution in [1.29, 1.82) is 0 Å². The van der Waals surface area contributed by atoms with Crippen molar-refractivity contribution < 1.29 is 24.6 Å². The van der Waals surface area contributed by atoms with Gasteiger partial charge < -0.3 is 15.5 Å². The van der Waals surface area contributed by atoms with Crippen LogP contribution in [-0.2, 0) is 14.4 Å². The van der Waals surface area contributed by atoms with E-state index in [0.29, 0.717) is 18.3 Å². The van der Waals surface area contributed by atoms with E-state index in [0.717, 1.165) is 18.9 Å². The van der Waals surface area contributed by atoms with Gasteiger partial charge in [0.2, 0.25) is 11.6 Å². The van der Waals surface area contributed by atoms with Gasteiger partial charge in [0.15, 0.2) is 5.76 Å². The Hall–Kier alpha value is -2.11. The molecule has 4 unspecified atom stereocenters. The Balaban J connectivity index is 1.86. The van der Waals surface area contributed by atoms with Gasteiger partial charge in [-0.3, -0.25) is 14.4 Å². The Labute approximate surface area is 172 Å². The number of hydrogen-bond acceptors (Lipinski definition) is 5. The predicted molar refractivity (Wildman–Crippen MR) is 109 cm³/mol. The Morgan fingerprint density at radius 2 is 1.93 bits per heavy atom. The van der Waals surface area contributed by atoms with Gasteiger partial charge in [0.1, 0.15) is 0 Å². The standard InChI is InChI=1S/C23H33NO5/c1-14-7-10-22(2)9-5-4-6-18(22)23(14,3)13-15-20(28)16(12-17(25)21(15)29)24-11-8-19(26)27/h12,14,18,24,29H,4-11,13H2,1-3H3,(H,26,27). The van der Waals surface area contributed by atoms with Crippen LogP contribution < -0.4 is 5.32 Å². The molecule has 3 aliphatic rings. The fourth-order valence-electron chi connectivity index (χ4n) is 6.01. The van der Waals surface area contributed by atoms with Crippen molar-refractivity contribution in [2.45, 2.75) is 72.1 Å². The Kier molecular flexibility index (Phi) is 5.93. The topological polar surface area (TPSA) is 104 Å². The quantitative estimate of drug-likeness (QED) is 0.581. The minimum atomic E-state index is -0.980. The second-order valence-electron chi connectivity index (χ2n) is 9.72. The van der Waals surface area contributed by atoms with Gasteiger partial charge in [0, 0.05) is 18.2 Å². The summed E-state index contributed by atoms with van der Waals surface area (Å²) in [6, 6.07) is 0. The van der Waals surface area contributed by atoms with Crippen molar-refractivity contribution in [2.75, 3.05) is 6.54 Å². The Morgan fingerprint density at radius 3 is 2.62 bits per heavy atom. The molecule has 0 spiro atoms. The smallest absolute Gasteiger partial charge is 0.305 e.